The van der Waals surface area contributed by atoms with Gasteiger partial charge in [-0.05, 0) is 35.8 Å². The van der Waals surface area contributed by atoms with Crippen LogP contribution in [0.2, 0.25) is 0 Å². The molecule has 0 bridgehead atoms. The van der Waals surface area contributed by atoms with Crippen LogP contribution in [0.1, 0.15) is 40.0 Å². The number of nitrogens with one attached hydrogen (secondary N) is 1. The number of thioether (sulfide) groups is 1. The third-order valence-electron chi connectivity index (χ3n) is 3.53. The molecule has 1 saturated heterocycles. The average molecular weight is 213 g/mol. The zero-order valence-electron chi connectivity index (χ0n) is 9.73. The Labute approximate surface area is 92.4 Å². The Morgan fingerprint density at radius 1 is 1.29 bits per heavy atom. The summed E-state index contributed by atoms with van der Waals surface area (Å²) in [6.45, 7) is 8.44. The largest absolute Gasteiger partial charge is 0.313 e. The topological polar surface area (TPSA) is 12.0 Å². The molecule has 1 heterocycles. The van der Waals surface area contributed by atoms with E-state index in [0.717, 1.165) is 6.04 Å². The Bertz CT molecular complexity index is 208. The third-order valence-corrected chi connectivity index (χ3v) is 5.16. The van der Waals surface area contributed by atoms with Gasteiger partial charge in [-0.3, -0.25) is 0 Å². The van der Waals surface area contributed by atoms with Crippen LogP contribution < -0.4 is 5.32 Å². The van der Waals surface area contributed by atoms with Crippen LogP contribution in [0.5, 0.6) is 0 Å². The lowest BCUT2D eigenvalue weighted by Gasteiger charge is -2.35. The summed E-state index contributed by atoms with van der Waals surface area (Å²) < 4.78 is 0. The minimum Gasteiger partial charge on any atom is -0.313 e. The molecule has 1 unspecified atom stereocenters. The van der Waals surface area contributed by atoms with E-state index >= 15 is 0 Å². The second-order valence-electron chi connectivity index (χ2n) is 6.27. The average Bonchev–Trinajstić information content (AvgIpc) is 2.80. The maximum Gasteiger partial charge on any atom is 0.0163 e. The summed E-state index contributed by atoms with van der Waals surface area (Å²) in [5.74, 6) is 2.65. The first-order valence-electron chi connectivity index (χ1n) is 5.80. The lowest BCUT2D eigenvalue weighted by molar-refractivity contribution is 0.306. The Morgan fingerprint density at radius 3 is 2.57 bits per heavy atom. The standard InChI is InChI=1S/C12H23NS/c1-11(2)6-10(7-14-9-11)13-8-12(3)4-5-12/h10,13H,4-9H2,1-3H3. The third kappa shape index (κ3) is 2.90. The van der Waals surface area contributed by atoms with Gasteiger partial charge in [0.05, 0.1) is 0 Å². The predicted molar refractivity (Wildman–Crippen MR) is 64.9 cm³/mol. The lowest BCUT2D eigenvalue weighted by Crippen LogP contribution is -2.42. The second kappa shape index (κ2) is 3.71. The van der Waals surface area contributed by atoms with Crippen LogP contribution in [-0.2, 0) is 0 Å². The maximum absolute atomic E-state index is 3.76. The molecule has 82 valence electrons. The zero-order valence-corrected chi connectivity index (χ0v) is 10.5. The van der Waals surface area contributed by atoms with Crippen molar-refractivity contribution in [2.24, 2.45) is 10.8 Å². The molecule has 1 nitrogen and oxygen atoms in total. The van der Waals surface area contributed by atoms with Gasteiger partial charge in [0.1, 0.15) is 0 Å². The van der Waals surface area contributed by atoms with Gasteiger partial charge in [0, 0.05) is 18.3 Å². The van der Waals surface area contributed by atoms with E-state index in [1.807, 2.05) is 0 Å². The van der Waals surface area contributed by atoms with Crippen LogP contribution >= 0.6 is 11.8 Å². The van der Waals surface area contributed by atoms with Crippen LogP contribution in [0.4, 0.5) is 0 Å². The Morgan fingerprint density at radius 2 is 2.00 bits per heavy atom. The summed E-state index contributed by atoms with van der Waals surface area (Å²) >= 11 is 2.12. The molecular formula is C12H23NS. The fourth-order valence-corrected chi connectivity index (χ4v) is 3.48. The monoisotopic (exact) mass is 213 g/mol. The molecule has 0 aromatic rings. The Balaban J connectivity index is 1.75. The van der Waals surface area contributed by atoms with Crippen molar-refractivity contribution in [2.75, 3.05) is 18.1 Å². The maximum atomic E-state index is 3.76. The molecule has 14 heavy (non-hydrogen) atoms. The quantitative estimate of drug-likeness (QED) is 0.773. The molecule has 2 heteroatoms. The van der Waals surface area contributed by atoms with Crippen LogP contribution in [-0.4, -0.2) is 24.1 Å². The summed E-state index contributed by atoms with van der Waals surface area (Å²) in [6.07, 6.45) is 4.22. The fraction of sp³-hybridized carbons (Fsp3) is 1.00. The summed E-state index contributed by atoms with van der Waals surface area (Å²) in [7, 11) is 0. The van der Waals surface area contributed by atoms with Gasteiger partial charge in [0.2, 0.25) is 0 Å². The minimum atomic E-state index is 0.547. The van der Waals surface area contributed by atoms with E-state index < -0.39 is 0 Å². The van der Waals surface area contributed by atoms with Crippen molar-refractivity contribution < 1.29 is 0 Å². The molecule has 1 aliphatic heterocycles. The first-order chi connectivity index (χ1) is 6.49. The van der Waals surface area contributed by atoms with E-state index in [0.29, 0.717) is 10.8 Å². The van der Waals surface area contributed by atoms with E-state index in [1.165, 1.54) is 37.3 Å². The SMILES string of the molecule is CC1(C)CSCC(NCC2(C)CC2)C1. The van der Waals surface area contributed by atoms with E-state index in [4.69, 9.17) is 0 Å². The van der Waals surface area contributed by atoms with Gasteiger partial charge >= 0.3 is 0 Å². The summed E-state index contributed by atoms with van der Waals surface area (Å²) in [4.78, 5) is 0. The molecular weight excluding hydrogens is 190 g/mol. The second-order valence-corrected chi connectivity index (χ2v) is 7.30. The molecule has 1 atom stereocenters. The predicted octanol–water partition coefficient (Wildman–Crippen LogP) is 2.91. The highest BCUT2D eigenvalue weighted by atomic mass is 32.2. The number of hydrogen-bond acceptors (Lipinski definition) is 2. The molecule has 0 radical (unpaired) electrons. The molecule has 2 rings (SSSR count). The normalized spacial score (nSPS) is 34.1. The molecule has 2 aliphatic rings. The molecule has 2 fully saturated rings. The molecule has 1 saturated carbocycles. The summed E-state index contributed by atoms with van der Waals surface area (Å²) in [6, 6.07) is 0.765. The smallest absolute Gasteiger partial charge is 0.0163 e. The van der Waals surface area contributed by atoms with Crippen molar-refractivity contribution in [1.29, 1.82) is 0 Å². The van der Waals surface area contributed by atoms with Crippen molar-refractivity contribution in [2.45, 2.75) is 46.1 Å². The van der Waals surface area contributed by atoms with Gasteiger partial charge in [0.25, 0.3) is 0 Å². The first-order valence-corrected chi connectivity index (χ1v) is 6.96. The van der Waals surface area contributed by atoms with E-state index in [-0.39, 0.29) is 0 Å². The van der Waals surface area contributed by atoms with E-state index in [1.54, 1.807) is 0 Å². The highest BCUT2D eigenvalue weighted by molar-refractivity contribution is 7.99. The van der Waals surface area contributed by atoms with E-state index in [2.05, 4.69) is 37.8 Å². The van der Waals surface area contributed by atoms with Gasteiger partial charge < -0.3 is 5.32 Å². The van der Waals surface area contributed by atoms with Gasteiger partial charge in [-0.2, -0.15) is 11.8 Å². The van der Waals surface area contributed by atoms with Crippen molar-refractivity contribution in [3.8, 4) is 0 Å². The van der Waals surface area contributed by atoms with Crippen molar-refractivity contribution in [3.63, 3.8) is 0 Å². The number of hydrogen-bond donors (Lipinski definition) is 1. The van der Waals surface area contributed by atoms with Crippen LogP contribution in [0, 0.1) is 10.8 Å². The Hall–Kier alpha value is 0.310. The molecule has 1 aliphatic carbocycles. The minimum absolute atomic E-state index is 0.547. The van der Waals surface area contributed by atoms with Crippen LogP contribution in [0.3, 0.4) is 0 Å². The fourth-order valence-electron chi connectivity index (χ4n) is 2.17. The van der Waals surface area contributed by atoms with Crippen molar-refractivity contribution >= 4 is 11.8 Å². The first kappa shape index (κ1) is 10.8. The lowest BCUT2D eigenvalue weighted by atomic mass is 9.87. The number of rotatable bonds is 3. The zero-order chi connectivity index (χ0) is 10.2. The molecule has 0 spiro atoms. The van der Waals surface area contributed by atoms with Crippen molar-refractivity contribution in [1.82, 2.24) is 5.32 Å². The molecule has 0 aromatic carbocycles. The van der Waals surface area contributed by atoms with Gasteiger partial charge in [-0.25, -0.2) is 0 Å². The Kier molecular flexibility index (Phi) is 2.87. The highest BCUT2D eigenvalue weighted by Gasteiger charge is 2.38. The van der Waals surface area contributed by atoms with Crippen LogP contribution in [0.15, 0.2) is 0 Å². The van der Waals surface area contributed by atoms with Crippen molar-refractivity contribution in [3.05, 3.63) is 0 Å². The molecule has 1 N–H and O–H groups in total. The molecule has 0 amide bonds. The van der Waals surface area contributed by atoms with Gasteiger partial charge in [-0.1, -0.05) is 20.8 Å². The van der Waals surface area contributed by atoms with Gasteiger partial charge in [-0.15, -0.1) is 0 Å². The van der Waals surface area contributed by atoms with Gasteiger partial charge in [0.15, 0.2) is 0 Å². The van der Waals surface area contributed by atoms with E-state index in [9.17, 15) is 0 Å². The highest BCUT2D eigenvalue weighted by Crippen LogP contribution is 2.44. The van der Waals surface area contributed by atoms with Crippen LogP contribution in [0.25, 0.3) is 0 Å². The summed E-state index contributed by atoms with van der Waals surface area (Å²) in [5.41, 5.74) is 1.21. The molecule has 0 aromatic heterocycles. The summed E-state index contributed by atoms with van der Waals surface area (Å²) in [5, 5.41) is 3.76.